The van der Waals surface area contributed by atoms with Gasteiger partial charge in [0.15, 0.2) is 0 Å². The summed E-state index contributed by atoms with van der Waals surface area (Å²) in [5.74, 6) is 2.81. The lowest BCUT2D eigenvalue weighted by atomic mass is 10.00. The zero-order valence-corrected chi connectivity index (χ0v) is 16.8. The zero-order chi connectivity index (χ0) is 19.8. The van der Waals surface area contributed by atoms with Gasteiger partial charge in [-0.15, -0.1) is 0 Å². The van der Waals surface area contributed by atoms with Gasteiger partial charge in [-0.2, -0.15) is 4.98 Å². The van der Waals surface area contributed by atoms with E-state index in [1.54, 1.807) is 0 Å². The molecule has 0 N–H and O–H groups in total. The lowest BCUT2D eigenvalue weighted by molar-refractivity contribution is 0.432. The Bertz CT molecular complexity index is 1170. The minimum Gasteiger partial charge on any atom is -0.356 e. The summed E-state index contributed by atoms with van der Waals surface area (Å²) in [4.78, 5) is 12.0. The van der Waals surface area contributed by atoms with Crippen LogP contribution in [0.3, 0.4) is 0 Å². The van der Waals surface area contributed by atoms with Crippen molar-refractivity contribution in [2.45, 2.75) is 26.7 Å². The molecule has 2 aromatic carbocycles. The molecule has 0 unspecified atom stereocenters. The van der Waals surface area contributed by atoms with Crippen molar-refractivity contribution in [3.05, 3.63) is 60.2 Å². The van der Waals surface area contributed by atoms with Crippen LogP contribution in [0.1, 0.15) is 25.3 Å². The lowest BCUT2D eigenvalue weighted by Crippen LogP contribution is -2.34. The van der Waals surface area contributed by atoms with Crippen LogP contribution in [0.2, 0.25) is 0 Å². The summed E-state index contributed by atoms with van der Waals surface area (Å²) in [6.45, 7) is 6.43. The Morgan fingerprint density at radius 3 is 2.79 bits per heavy atom. The third-order valence-electron chi connectivity index (χ3n) is 5.62. The molecule has 1 fully saturated rings. The Balaban J connectivity index is 1.61. The van der Waals surface area contributed by atoms with Crippen LogP contribution in [-0.4, -0.2) is 28.2 Å². The lowest BCUT2D eigenvalue weighted by Gasteiger charge is -2.32. The van der Waals surface area contributed by atoms with Crippen LogP contribution in [-0.2, 0) is 0 Å². The van der Waals surface area contributed by atoms with Crippen molar-refractivity contribution in [3.63, 3.8) is 0 Å². The first-order valence-electron chi connectivity index (χ1n) is 10.2. The average molecular weight is 384 g/mol. The highest BCUT2D eigenvalue weighted by Gasteiger charge is 2.21. The van der Waals surface area contributed by atoms with Crippen LogP contribution < -0.4 is 4.90 Å². The van der Waals surface area contributed by atoms with E-state index in [2.05, 4.69) is 48.2 Å². The number of anilines is 1. The molecule has 5 heteroatoms. The van der Waals surface area contributed by atoms with Gasteiger partial charge in [-0.3, -0.25) is 0 Å². The topological polar surface area (TPSA) is 55.1 Å². The third-order valence-corrected chi connectivity index (χ3v) is 5.62. The molecule has 5 rings (SSSR count). The van der Waals surface area contributed by atoms with E-state index in [0.29, 0.717) is 17.6 Å². The van der Waals surface area contributed by atoms with Crippen molar-refractivity contribution in [3.8, 4) is 22.8 Å². The minimum atomic E-state index is 0.534. The summed E-state index contributed by atoms with van der Waals surface area (Å²) in [6.07, 6.45) is 2.48. The molecular weight excluding hydrogens is 360 g/mol. The highest BCUT2D eigenvalue weighted by atomic mass is 16.5. The van der Waals surface area contributed by atoms with E-state index >= 15 is 0 Å². The number of benzene rings is 2. The Morgan fingerprint density at radius 2 is 1.93 bits per heavy atom. The molecule has 3 heterocycles. The van der Waals surface area contributed by atoms with Gasteiger partial charge in [0, 0.05) is 24.0 Å². The molecule has 0 bridgehead atoms. The van der Waals surface area contributed by atoms with E-state index in [1.807, 2.05) is 30.3 Å². The first-order chi connectivity index (χ1) is 14.2. The van der Waals surface area contributed by atoms with E-state index < -0.39 is 0 Å². The summed E-state index contributed by atoms with van der Waals surface area (Å²) < 4.78 is 5.71. The fourth-order valence-electron chi connectivity index (χ4n) is 4.13. The van der Waals surface area contributed by atoms with Crippen molar-refractivity contribution in [2.75, 3.05) is 18.0 Å². The smallest absolute Gasteiger partial charge is 0.259 e. The van der Waals surface area contributed by atoms with Crippen LogP contribution in [0, 0.1) is 12.8 Å². The van der Waals surface area contributed by atoms with Gasteiger partial charge in [-0.1, -0.05) is 54.0 Å². The van der Waals surface area contributed by atoms with Crippen molar-refractivity contribution in [1.82, 2.24) is 15.1 Å². The maximum absolute atomic E-state index is 5.71. The fourth-order valence-corrected chi connectivity index (χ4v) is 4.13. The Kier molecular flexibility index (Phi) is 4.51. The van der Waals surface area contributed by atoms with E-state index in [1.165, 1.54) is 18.4 Å². The fraction of sp³-hybridized carbons (Fsp3) is 0.292. The van der Waals surface area contributed by atoms with Gasteiger partial charge < -0.3 is 9.42 Å². The van der Waals surface area contributed by atoms with Crippen LogP contribution in [0.25, 0.3) is 33.7 Å². The third kappa shape index (κ3) is 3.48. The molecule has 29 heavy (non-hydrogen) atoms. The highest BCUT2D eigenvalue weighted by molar-refractivity contribution is 5.94. The second-order valence-electron chi connectivity index (χ2n) is 8.03. The van der Waals surface area contributed by atoms with Crippen LogP contribution in [0.4, 0.5) is 5.82 Å². The van der Waals surface area contributed by atoms with Gasteiger partial charge in [0.25, 0.3) is 5.89 Å². The van der Waals surface area contributed by atoms with Gasteiger partial charge in [0.2, 0.25) is 5.82 Å². The van der Waals surface area contributed by atoms with Crippen LogP contribution in [0.15, 0.2) is 59.1 Å². The summed E-state index contributed by atoms with van der Waals surface area (Å²) in [5, 5.41) is 5.27. The SMILES string of the molecule is Cc1cccc(-c2noc(-c3cc(N4CCC[C@@H](C)C4)nc4ccccc34)n2)c1. The van der Waals surface area contributed by atoms with E-state index in [9.17, 15) is 0 Å². The Morgan fingerprint density at radius 1 is 1.03 bits per heavy atom. The predicted molar refractivity (Wildman–Crippen MR) is 116 cm³/mol. The number of para-hydroxylation sites is 1. The number of aryl methyl sites for hydroxylation is 1. The van der Waals surface area contributed by atoms with E-state index in [-0.39, 0.29) is 0 Å². The van der Waals surface area contributed by atoms with E-state index in [0.717, 1.165) is 40.9 Å². The molecule has 146 valence electrons. The summed E-state index contributed by atoms with van der Waals surface area (Å²) >= 11 is 0. The first-order valence-corrected chi connectivity index (χ1v) is 10.2. The number of nitrogens with zero attached hydrogens (tertiary/aromatic N) is 4. The number of pyridine rings is 1. The number of fused-ring (bicyclic) bond motifs is 1. The summed E-state index contributed by atoms with van der Waals surface area (Å²) in [7, 11) is 0. The number of hydrogen-bond donors (Lipinski definition) is 0. The van der Waals surface area contributed by atoms with Crippen molar-refractivity contribution in [2.24, 2.45) is 5.92 Å². The molecule has 0 aliphatic carbocycles. The van der Waals surface area contributed by atoms with Crippen LogP contribution in [0.5, 0.6) is 0 Å². The molecule has 1 aliphatic rings. The van der Waals surface area contributed by atoms with Crippen molar-refractivity contribution in [1.29, 1.82) is 0 Å². The molecule has 0 radical (unpaired) electrons. The second kappa shape index (κ2) is 7.32. The highest BCUT2D eigenvalue weighted by Crippen LogP contribution is 2.33. The van der Waals surface area contributed by atoms with Gasteiger partial charge in [-0.25, -0.2) is 4.98 Å². The molecule has 5 nitrogen and oxygen atoms in total. The van der Waals surface area contributed by atoms with Gasteiger partial charge >= 0.3 is 0 Å². The zero-order valence-electron chi connectivity index (χ0n) is 16.8. The molecular formula is C24H24N4O. The molecule has 1 aliphatic heterocycles. The number of rotatable bonds is 3. The average Bonchev–Trinajstić information content (AvgIpc) is 3.23. The molecule has 2 aromatic heterocycles. The van der Waals surface area contributed by atoms with Gasteiger partial charge in [-0.05, 0) is 43.9 Å². The van der Waals surface area contributed by atoms with Gasteiger partial charge in [0.1, 0.15) is 5.82 Å². The molecule has 0 spiro atoms. The van der Waals surface area contributed by atoms with Gasteiger partial charge in [0.05, 0.1) is 11.1 Å². The normalized spacial score (nSPS) is 17.0. The molecule has 4 aromatic rings. The second-order valence-corrected chi connectivity index (χ2v) is 8.03. The largest absolute Gasteiger partial charge is 0.356 e. The maximum atomic E-state index is 5.71. The summed E-state index contributed by atoms with van der Waals surface area (Å²) in [5.41, 5.74) is 4.02. The predicted octanol–water partition coefficient (Wildman–Crippen LogP) is 5.50. The standard InChI is InChI=1S/C24H24N4O/c1-16-7-5-9-18(13-16)23-26-24(29-27-23)20-14-22(28-12-6-8-17(2)15-28)25-21-11-4-3-10-19(20)21/h3-5,7,9-11,13-14,17H,6,8,12,15H2,1-2H3/t17-/m1/s1. The van der Waals surface area contributed by atoms with Crippen LogP contribution >= 0.6 is 0 Å². The summed E-state index contributed by atoms with van der Waals surface area (Å²) in [6, 6.07) is 18.4. The van der Waals surface area contributed by atoms with Crippen molar-refractivity contribution < 1.29 is 4.52 Å². The number of hydrogen-bond acceptors (Lipinski definition) is 5. The molecule has 0 saturated carbocycles. The van der Waals surface area contributed by atoms with E-state index in [4.69, 9.17) is 14.5 Å². The minimum absolute atomic E-state index is 0.534. The monoisotopic (exact) mass is 384 g/mol. The number of piperidine rings is 1. The van der Waals surface area contributed by atoms with Crippen molar-refractivity contribution >= 4 is 16.7 Å². The quantitative estimate of drug-likeness (QED) is 0.467. The maximum Gasteiger partial charge on any atom is 0.259 e. The Hall–Kier alpha value is -3.21. The molecule has 1 atom stereocenters. The first kappa shape index (κ1) is 17.9. The molecule has 1 saturated heterocycles. The number of aromatic nitrogens is 3. The Labute approximate surface area is 170 Å². The molecule has 0 amide bonds.